The van der Waals surface area contributed by atoms with Crippen molar-refractivity contribution in [3.8, 4) is 23.0 Å². The number of benzene rings is 4. The van der Waals surface area contributed by atoms with Gasteiger partial charge in [-0.3, -0.25) is 9.59 Å². The lowest BCUT2D eigenvalue weighted by Crippen LogP contribution is -2.30. The molecule has 258 valence electrons. The lowest BCUT2D eigenvalue weighted by molar-refractivity contribution is -0.150. The third-order valence-corrected chi connectivity index (χ3v) is 8.01. The molecular formula is C41H46O8. The number of aryl methyl sites for hydroxylation is 1. The summed E-state index contributed by atoms with van der Waals surface area (Å²) < 4.78 is 34.5. The standard InChI is InChI=1S/C41H46O8/c1-7-31-9-17-35(18-10-31)44-25-39(48-29(3)42)27-46-37-21-13-33(14-22-37)41(5,6)34-15-23-38(24-16-34)47-28-40(49-30(4)43)26-45-36-19-11-32(8-2)12-20-36/h7,9-24,39-40H,1,8,25-28H2,2-6H3. The molecule has 4 aromatic carbocycles. The Labute approximate surface area is 289 Å². The largest absolute Gasteiger partial charge is 0.490 e. The van der Waals surface area contributed by atoms with Crippen molar-refractivity contribution in [3.05, 3.63) is 126 Å². The Bertz CT molecular complexity index is 1630. The molecule has 0 saturated carbocycles. The fourth-order valence-electron chi connectivity index (χ4n) is 5.08. The van der Waals surface area contributed by atoms with E-state index in [1.807, 2.05) is 97.1 Å². The van der Waals surface area contributed by atoms with Crippen LogP contribution in [0.2, 0.25) is 0 Å². The SMILES string of the molecule is C=Cc1ccc(OCC(COc2ccc(C(C)(C)c3ccc(OCC(COc4ccc(CC)cc4)OC(C)=O)cc3)cc2)OC(C)=O)cc1. The van der Waals surface area contributed by atoms with E-state index in [1.54, 1.807) is 6.08 Å². The van der Waals surface area contributed by atoms with Crippen LogP contribution in [0.25, 0.3) is 6.08 Å². The van der Waals surface area contributed by atoms with Gasteiger partial charge < -0.3 is 28.4 Å². The topological polar surface area (TPSA) is 89.5 Å². The smallest absolute Gasteiger partial charge is 0.303 e. The van der Waals surface area contributed by atoms with Gasteiger partial charge in [-0.15, -0.1) is 0 Å². The van der Waals surface area contributed by atoms with Crippen molar-refractivity contribution in [2.45, 2.75) is 58.7 Å². The molecule has 2 atom stereocenters. The van der Waals surface area contributed by atoms with Gasteiger partial charge in [0.15, 0.2) is 12.2 Å². The molecule has 4 rings (SSSR count). The second kappa shape index (κ2) is 17.8. The highest BCUT2D eigenvalue weighted by molar-refractivity contribution is 5.66. The van der Waals surface area contributed by atoms with E-state index in [9.17, 15) is 9.59 Å². The van der Waals surface area contributed by atoms with Crippen molar-refractivity contribution >= 4 is 18.0 Å². The molecule has 4 aromatic rings. The first-order chi connectivity index (χ1) is 23.5. The van der Waals surface area contributed by atoms with Crippen LogP contribution in [0.4, 0.5) is 0 Å². The molecule has 0 N–H and O–H groups in total. The molecule has 0 spiro atoms. The van der Waals surface area contributed by atoms with Crippen LogP contribution in [-0.2, 0) is 30.9 Å². The molecule has 8 heteroatoms. The van der Waals surface area contributed by atoms with Crippen molar-refractivity contribution in [3.63, 3.8) is 0 Å². The van der Waals surface area contributed by atoms with E-state index in [0.29, 0.717) is 23.0 Å². The van der Waals surface area contributed by atoms with Crippen molar-refractivity contribution in [1.82, 2.24) is 0 Å². The van der Waals surface area contributed by atoms with Crippen LogP contribution in [0, 0.1) is 0 Å². The first-order valence-electron chi connectivity index (χ1n) is 16.4. The molecule has 0 amide bonds. The van der Waals surface area contributed by atoms with Crippen LogP contribution in [0.15, 0.2) is 104 Å². The maximum atomic E-state index is 11.7. The first kappa shape index (κ1) is 36.6. The Morgan fingerprint density at radius 1 is 0.592 bits per heavy atom. The second-order valence-corrected chi connectivity index (χ2v) is 12.2. The zero-order valence-corrected chi connectivity index (χ0v) is 29.0. The summed E-state index contributed by atoms with van der Waals surface area (Å²) in [6, 6.07) is 31.1. The average Bonchev–Trinajstić information content (AvgIpc) is 3.11. The summed E-state index contributed by atoms with van der Waals surface area (Å²) in [6.07, 6.45) is 1.57. The number of carbonyl (C=O) groups excluding carboxylic acids is 2. The molecule has 0 aliphatic heterocycles. The summed E-state index contributed by atoms with van der Waals surface area (Å²) in [6.45, 7) is 13.5. The molecule has 0 aliphatic carbocycles. The van der Waals surface area contributed by atoms with E-state index in [1.165, 1.54) is 19.4 Å². The highest BCUT2D eigenvalue weighted by Crippen LogP contribution is 2.33. The van der Waals surface area contributed by atoms with Crippen LogP contribution in [0.5, 0.6) is 23.0 Å². The number of carbonyl (C=O) groups is 2. The lowest BCUT2D eigenvalue weighted by atomic mass is 9.78. The van der Waals surface area contributed by atoms with E-state index < -0.39 is 24.1 Å². The van der Waals surface area contributed by atoms with E-state index in [-0.39, 0.29) is 31.8 Å². The van der Waals surface area contributed by atoms with Crippen LogP contribution >= 0.6 is 0 Å². The van der Waals surface area contributed by atoms with Crippen molar-refractivity contribution in [1.29, 1.82) is 0 Å². The van der Waals surface area contributed by atoms with Gasteiger partial charge in [-0.25, -0.2) is 0 Å². The van der Waals surface area contributed by atoms with Crippen LogP contribution in [-0.4, -0.2) is 50.6 Å². The van der Waals surface area contributed by atoms with E-state index in [4.69, 9.17) is 28.4 Å². The van der Waals surface area contributed by atoms with Gasteiger partial charge in [0, 0.05) is 19.3 Å². The van der Waals surface area contributed by atoms with E-state index in [2.05, 4.69) is 27.4 Å². The van der Waals surface area contributed by atoms with Gasteiger partial charge in [-0.2, -0.15) is 0 Å². The van der Waals surface area contributed by atoms with Crippen LogP contribution < -0.4 is 18.9 Å². The minimum atomic E-state index is -0.580. The Kier molecular flexibility index (Phi) is 13.3. The fourth-order valence-corrected chi connectivity index (χ4v) is 5.08. The summed E-state index contributed by atoms with van der Waals surface area (Å²) in [5.74, 6) is 1.89. The third kappa shape index (κ3) is 11.5. The summed E-state index contributed by atoms with van der Waals surface area (Å²) >= 11 is 0. The molecule has 49 heavy (non-hydrogen) atoms. The second-order valence-electron chi connectivity index (χ2n) is 12.2. The number of esters is 2. The molecule has 0 heterocycles. The molecule has 0 radical (unpaired) electrons. The third-order valence-electron chi connectivity index (χ3n) is 8.01. The van der Waals surface area contributed by atoms with E-state index >= 15 is 0 Å². The number of hydrogen-bond acceptors (Lipinski definition) is 8. The van der Waals surface area contributed by atoms with Crippen molar-refractivity contribution in [2.75, 3.05) is 26.4 Å². The van der Waals surface area contributed by atoms with Gasteiger partial charge in [0.2, 0.25) is 0 Å². The molecule has 2 unspecified atom stereocenters. The summed E-state index contributed by atoms with van der Waals surface area (Å²) in [5.41, 5.74) is 4.09. The Balaban J connectivity index is 1.30. The van der Waals surface area contributed by atoms with Crippen molar-refractivity contribution in [2.24, 2.45) is 0 Å². The monoisotopic (exact) mass is 666 g/mol. The van der Waals surface area contributed by atoms with Gasteiger partial charge >= 0.3 is 11.9 Å². The highest BCUT2D eigenvalue weighted by atomic mass is 16.6. The zero-order chi connectivity index (χ0) is 35.2. The predicted octanol–water partition coefficient (Wildman–Crippen LogP) is 8.00. The first-order valence-corrected chi connectivity index (χ1v) is 16.4. The minimum absolute atomic E-state index is 0.144. The summed E-state index contributed by atoms with van der Waals surface area (Å²) in [7, 11) is 0. The van der Waals surface area contributed by atoms with Crippen molar-refractivity contribution < 1.29 is 38.0 Å². The van der Waals surface area contributed by atoms with E-state index in [0.717, 1.165) is 23.1 Å². The fraction of sp³-hybridized carbons (Fsp3) is 0.317. The molecule has 8 nitrogen and oxygen atoms in total. The van der Waals surface area contributed by atoms with Gasteiger partial charge in [0.1, 0.15) is 49.4 Å². The predicted molar refractivity (Wildman–Crippen MR) is 190 cm³/mol. The van der Waals surface area contributed by atoms with Crippen LogP contribution in [0.3, 0.4) is 0 Å². The minimum Gasteiger partial charge on any atom is -0.490 e. The number of ether oxygens (including phenoxy) is 6. The molecular weight excluding hydrogens is 620 g/mol. The molecule has 0 aliphatic rings. The van der Waals surface area contributed by atoms with Crippen LogP contribution in [0.1, 0.15) is 56.9 Å². The Morgan fingerprint density at radius 3 is 1.22 bits per heavy atom. The normalized spacial score (nSPS) is 12.3. The Hall–Kier alpha value is -5.24. The number of hydrogen-bond donors (Lipinski definition) is 0. The molecule has 0 aromatic heterocycles. The molecule has 0 saturated heterocycles. The summed E-state index contributed by atoms with van der Waals surface area (Å²) in [4.78, 5) is 23.4. The molecule has 0 bridgehead atoms. The quantitative estimate of drug-likeness (QED) is 0.0988. The average molecular weight is 667 g/mol. The summed E-state index contributed by atoms with van der Waals surface area (Å²) in [5, 5.41) is 0. The molecule has 0 fully saturated rings. The van der Waals surface area contributed by atoms with Gasteiger partial charge in [0.05, 0.1) is 0 Å². The zero-order valence-electron chi connectivity index (χ0n) is 29.0. The maximum Gasteiger partial charge on any atom is 0.303 e. The number of rotatable bonds is 18. The Morgan fingerprint density at radius 2 is 0.918 bits per heavy atom. The van der Waals surface area contributed by atoms with Gasteiger partial charge in [0.25, 0.3) is 0 Å². The highest BCUT2D eigenvalue weighted by Gasteiger charge is 2.24. The lowest BCUT2D eigenvalue weighted by Gasteiger charge is -2.27. The maximum absolute atomic E-state index is 11.7. The van der Waals surface area contributed by atoms with Gasteiger partial charge in [-0.05, 0) is 77.2 Å². The van der Waals surface area contributed by atoms with Gasteiger partial charge in [-0.1, -0.05) is 82.0 Å².